The zero-order chi connectivity index (χ0) is 9.97. The Bertz CT molecular complexity index is 334. The Morgan fingerprint density at radius 2 is 2.00 bits per heavy atom. The van der Waals surface area contributed by atoms with E-state index < -0.39 is 0 Å². The third-order valence-electron chi connectivity index (χ3n) is 2.21. The van der Waals surface area contributed by atoms with Crippen molar-refractivity contribution in [2.24, 2.45) is 4.99 Å². The van der Waals surface area contributed by atoms with Crippen LogP contribution in [-0.2, 0) is 9.47 Å². The molecule has 0 bridgehead atoms. The Morgan fingerprint density at radius 1 is 1.29 bits per heavy atom. The minimum atomic E-state index is -0.176. The summed E-state index contributed by atoms with van der Waals surface area (Å²) in [5, 5.41) is 0. The van der Waals surface area contributed by atoms with Crippen molar-refractivity contribution in [1.29, 1.82) is 0 Å². The van der Waals surface area contributed by atoms with Crippen molar-refractivity contribution < 1.29 is 9.47 Å². The Balaban J connectivity index is 2.22. The van der Waals surface area contributed by atoms with E-state index in [0.717, 1.165) is 5.56 Å². The van der Waals surface area contributed by atoms with E-state index in [1.54, 1.807) is 7.11 Å². The largest absolute Gasteiger partial charge is 0.470 e. The third-order valence-corrected chi connectivity index (χ3v) is 2.21. The maximum absolute atomic E-state index is 5.58. The molecule has 0 saturated carbocycles. The normalized spacial score (nSPS) is 25.7. The van der Waals surface area contributed by atoms with Crippen molar-refractivity contribution in [2.45, 2.75) is 19.3 Å². The minimum Gasteiger partial charge on any atom is -0.470 e. The van der Waals surface area contributed by atoms with E-state index in [1.807, 2.05) is 37.3 Å². The molecule has 1 aromatic rings. The maximum Gasteiger partial charge on any atom is 0.219 e. The van der Waals surface area contributed by atoms with Crippen LogP contribution in [0.25, 0.3) is 0 Å². The topological polar surface area (TPSA) is 30.8 Å². The first-order chi connectivity index (χ1) is 6.81. The standard InChI is InChI=1S/C11H13NO2/c1-8-10(13-2)12-11(14-8)9-6-4-3-5-7-9/h3-8,10H,1-2H3. The highest BCUT2D eigenvalue weighted by Crippen LogP contribution is 2.17. The third kappa shape index (κ3) is 1.63. The summed E-state index contributed by atoms with van der Waals surface area (Å²) in [6.07, 6.45) is -0.180. The summed E-state index contributed by atoms with van der Waals surface area (Å²) >= 11 is 0. The van der Waals surface area contributed by atoms with Crippen LogP contribution in [0.3, 0.4) is 0 Å². The number of benzene rings is 1. The quantitative estimate of drug-likeness (QED) is 0.714. The van der Waals surface area contributed by atoms with Gasteiger partial charge in [-0.15, -0.1) is 0 Å². The Hall–Kier alpha value is -1.35. The van der Waals surface area contributed by atoms with E-state index in [-0.39, 0.29) is 12.3 Å². The lowest BCUT2D eigenvalue weighted by molar-refractivity contribution is 0.0363. The molecule has 0 aromatic heterocycles. The fraction of sp³-hybridized carbons (Fsp3) is 0.364. The molecule has 2 unspecified atom stereocenters. The van der Waals surface area contributed by atoms with Crippen molar-refractivity contribution in [3.63, 3.8) is 0 Å². The van der Waals surface area contributed by atoms with E-state index in [0.29, 0.717) is 5.90 Å². The highest BCUT2D eigenvalue weighted by atomic mass is 16.6. The number of hydrogen-bond acceptors (Lipinski definition) is 3. The monoisotopic (exact) mass is 191 g/mol. The predicted molar refractivity (Wildman–Crippen MR) is 54.3 cm³/mol. The van der Waals surface area contributed by atoms with Crippen LogP contribution in [0.2, 0.25) is 0 Å². The van der Waals surface area contributed by atoms with Gasteiger partial charge in [-0.1, -0.05) is 18.2 Å². The van der Waals surface area contributed by atoms with Gasteiger partial charge < -0.3 is 9.47 Å². The van der Waals surface area contributed by atoms with Crippen molar-refractivity contribution in [1.82, 2.24) is 0 Å². The van der Waals surface area contributed by atoms with Crippen LogP contribution in [0.5, 0.6) is 0 Å². The molecule has 74 valence electrons. The number of aliphatic imine (C=N–C) groups is 1. The zero-order valence-corrected chi connectivity index (χ0v) is 8.31. The second-order valence-corrected chi connectivity index (χ2v) is 3.25. The molecule has 1 aliphatic heterocycles. The summed E-state index contributed by atoms with van der Waals surface area (Å²) in [7, 11) is 1.64. The van der Waals surface area contributed by atoms with Crippen LogP contribution >= 0.6 is 0 Å². The van der Waals surface area contributed by atoms with Gasteiger partial charge in [0.1, 0.15) is 6.10 Å². The molecular weight excluding hydrogens is 178 g/mol. The molecule has 3 heteroatoms. The predicted octanol–water partition coefficient (Wildman–Crippen LogP) is 1.82. The lowest BCUT2D eigenvalue weighted by Crippen LogP contribution is -2.19. The molecule has 0 spiro atoms. The molecule has 3 nitrogen and oxygen atoms in total. The number of methoxy groups -OCH3 is 1. The Morgan fingerprint density at radius 3 is 2.57 bits per heavy atom. The van der Waals surface area contributed by atoms with Gasteiger partial charge in [0, 0.05) is 12.7 Å². The molecule has 1 aromatic carbocycles. The molecule has 0 N–H and O–H groups in total. The summed E-state index contributed by atoms with van der Waals surface area (Å²) in [5.74, 6) is 0.671. The number of hydrogen-bond donors (Lipinski definition) is 0. The fourth-order valence-corrected chi connectivity index (χ4v) is 1.45. The number of rotatable bonds is 2. The van der Waals surface area contributed by atoms with E-state index in [9.17, 15) is 0 Å². The average Bonchev–Trinajstić information content (AvgIpc) is 2.61. The molecular formula is C11H13NO2. The van der Waals surface area contributed by atoms with Crippen molar-refractivity contribution in [2.75, 3.05) is 7.11 Å². The van der Waals surface area contributed by atoms with Crippen molar-refractivity contribution >= 4 is 5.90 Å². The lowest BCUT2D eigenvalue weighted by Gasteiger charge is -2.09. The van der Waals surface area contributed by atoms with Crippen LogP contribution < -0.4 is 0 Å². The minimum absolute atomic E-state index is 0.00444. The summed E-state index contributed by atoms with van der Waals surface area (Å²) in [6, 6.07) is 9.85. The summed E-state index contributed by atoms with van der Waals surface area (Å²) < 4.78 is 10.7. The highest BCUT2D eigenvalue weighted by Gasteiger charge is 2.27. The van der Waals surface area contributed by atoms with E-state index in [4.69, 9.17) is 9.47 Å². The molecule has 0 amide bonds. The van der Waals surface area contributed by atoms with Gasteiger partial charge in [0.05, 0.1) is 0 Å². The van der Waals surface area contributed by atoms with Gasteiger partial charge in [0.25, 0.3) is 0 Å². The molecule has 1 heterocycles. The molecule has 2 rings (SSSR count). The van der Waals surface area contributed by atoms with Gasteiger partial charge in [0.15, 0.2) is 6.23 Å². The van der Waals surface area contributed by atoms with Gasteiger partial charge >= 0.3 is 0 Å². The van der Waals surface area contributed by atoms with Gasteiger partial charge in [-0.3, -0.25) is 0 Å². The lowest BCUT2D eigenvalue weighted by atomic mass is 10.2. The molecule has 0 aliphatic carbocycles. The second-order valence-electron chi connectivity index (χ2n) is 3.25. The average molecular weight is 191 g/mol. The molecule has 0 fully saturated rings. The summed E-state index contributed by atoms with van der Waals surface area (Å²) in [5.41, 5.74) is 0.999. The smallest absolute Gasteiger partial charge is 0.219 e. The molecule has 0 radical (unpaired) electrons. The Labute approximate surface area is 83.4 Å². The van der Waals surface area contributed by atoms with Gasteiger partial charge in [-0.05, 0) is 19.1 Å². The first-order valence-electron chi connectivity index (χ1n) is 4.64. The van der Waals surface area contributed by atoms with Crippen LogP contribution in [0.4, 0.5) is 0 Å². The number of nitrogens with zero attached hydrogens (tertiary/aromatic N) is 1. The molecule has 1 aliphatic rings. The maximum atomic E-state index is 5.58. The van der Waals surface area contributed by atoms with Crippen molar-refractivity contribution in [3.8, 4) is 0 Å². The van der Waals surface area contributed by atoms with Gasteiger partial charge in [-0.2, -0.15) is 0 Å². The highest BCUT2D eigenvalue weighted by molar-refractivity contribution is 5.95. The molecule has 0 saturated heterocycles. The summed E-state index contributed by atoms with van der Waals surface area (Å²) in [6.45, 7) is 1.95. The first kappa shape index (κ1) is 9.21. The van der Waals surface area contributed by atoms with E-state index in [1.165, 1.54) is 0 Å². The van der Waals surface area contributed by atoms with Crippen LogP contribution in [-0.4, -0.2) is 25.3 Å². The van der Waals surface area contributed by atoms with Gasteiger partial charge in [0.2, 0.25) is 5.90 Å². The second kappa shape index (κ2) is 3.80. The zero-order valence-electron chi connectivity index (χ0n) is 8.31. The van der Waals surface area contributed by atoms with Crippen LogP contribution in [0, 0.1) is 0 Å². The van der Waals surface area contributed by atoms with Crippen LogP contribution in [0.15, 0.2) is 35.3 Å². The van der Waals surface area contributed by atoms with E-state index >= 15 is 0 Å². The van der Waals surface area contributed by atoms with Crippen LogP contribution in [0.1, 0.15) is 12.5 Å². The first-order valence-corrected chi connectivity index (χ1v) is 4.64. The van der Waals surface area contributed by atoms with Gasteiger partial charge in [-0.25, -0.2) is 4.99 Å². The fourth-order valence-electron chi connectivity index (χ4n) is 1.45. The SMILES string of the molecule is COC1N=C(c2ccccc2)OC1C. The van der Waals surface area contributed by atoms with E-state index in [2.05, 4.69) is 4.99 Å². The molecule has 14 heavy (non-hydrogen) atoms. The molecule has 2 atom stereocenters. The Kier molecular flexibility index (Phi) is 2.50. The summed E-state index contributed by atoms with van der Waals surface area (Å²) in [4.78, 5) is 4.33. The number of ether oxygens (including phenoxy) is 2. The van der Waals surface area contributed by atoms with Crippen molar-refractivity contribution in [3.05, 3.63) is 35.9 Å².